The number of carbonyl (C=O) groups excluding carboxylic acids is 1. The quantitative estimate of drug-likeness (QED) is 0.361. The Bertz CT molecular complexity index is 1210. The monoisotopic (exact) mass is 496 g/mol. The molecule has 8 heteroatoms. The van der Waals surface area contributed by atoms with Crippen LogP contribution in [0, 0.1) is 24.5 Å². The number of ketones is 1. The summed E-state index contributed by atoms with van der Waals surface area (Å²) in [6, 6.07) is 15.8. The molecule has 35 heavy (non-hydrogen) atoms. The van der Waals surface area contributed by atoms with E-state index in [-0.39, 0.29) is 42.1 Å². The standard InChI is InChI=1S/C27H26F2N2O3S/c1-17-7-8-19(14-30-17)25-11-20(15-32)27(16-34-25,22-10-9-21(28)12-23(22)29)31-26(35)13-24(33)18-5-3-2-4-6-18/h2-10,12,14,20,25,32H,11,13,15-16H2,1H3,(H,31,35)/t20-,25+,27-/m0/s1. The summed E-state index contributed by atoms with van der Waals surface area (Å²) in [5, 5.41) is 13.5. The summed E-state index contributed by atoms with van der Waals surface area (Å²) in [6.07, 6.45) is 1.57. The van der Waals surface area contributed by atoms with Gasteiger partial charge < -0.3 is 15.2 Å². The zero-order valence-corrected chi connectivity index (χ0v) is 20.0. The molecule has 5 nitrogen and oxygen atoms in total. The fraction of sp³-hybridized carbons (Fsp3) is 0.296. The van der Waals surface area contributed by atoms with Crippen LogP contribution in [-0.2, 0) is 10.3 Å². The average Bonchev–Trinajstić information content (AvgIpc) is 2.85. The summed E-state index contributed by atoms with van der Waals surface area (Å²) in [5.41, 5.74) is 1.03. The van der Waals surface area contributed by atoms with E-state index in [1.54, 1.807) is 30.5 Å². The number of Topliss-reactive ketones (excluding diaryl/α,β-unsaturated/α-hetero) is 1. The molecule has 1 fully saturated rings. The zero-order chi connectivity index (χ0) is 25.0. The molecule has 182 valence electrons. The minimum atomic E-state index is -1.30. The van der Waals surface area contributed by atoms with Crippen LogP contribution in [0.2, 0.25) is 0 Å². The molecule has 0 unspecified atom stereocenters. The van der Waals surface area contributed by atoms with Crippen molar-refractivity contribution >= 4 is 23.0 Å². The van der Waals surface area contributed by atoms with Gasteiger partial charge in [0.1, 0.15) is 11.6 Å². The number of pyridine rings is 1. The lowest BCUT2D eigenvalue weighted by Gasteiger charge is -2.47. The summed E-state index contributed by atoms with van der Waals surface area (Å²) >= 11 is 5.51. The van der Waals surface area contributed by atoms with Gasteiger partial charge in [0.05, 0.1) is 29.7 Å². The number of carbonyl (C=O) groups is 1. The van der Waals surface area contributed by atoms with Crippen LogP contribution in [0.4, 0.5) is 8.78 Å². The number of aliphatic hydroxyl groups excluding tert-OH is 1. The molecule has 2 N–H and O–H groups in total. The molecule has 2 heterocycles. The van der Waals surface area contributed by atoms with Crippen LogP contribution >= 0.6 is 12.2 Å². The largest absolute Gasteiger partial charge is 0.396 e. The molecule has 1 aliphatic heterocycles. The fourth-order valence-electron chi connectivity index (χ4n) is 4.53. The summed E-state index contributed by atoms with van der Waals surface area (Å²) in [5.74, 6) is -2.25. The molecule has 0 aliphatic carbocycles. The van der Waals surface area contributed by atoms with E-state index in [1.807, 2.05) is 25.1 Å². The van der Waals surface area contributed by atoms with Gasteiger partial charge in [-0.2, -0.15) is 0 Å². The van der Waals surface area contributed by atoms with Crippen molar-refractivity contribution in [2.24, 2.45) is 5.92 Å². The fourth-order valence-corrected chi connectivity index (χ4v) is 4.84. The molecule has 1 aromatic heterocycles. The van der Waals surface area contributed by atoms with E-state index in [0.717, 1.165) is 23.4 Å². The third-order valence-electron chi connectivity index (χ3n) is 6.43. The molecule has 2 aromatic carbocycles. The maximum absolute atomic E-state index is 15.1. The summed E-state index contributed by atoms with van der Waals surface area (Å²) in [7, 11) is 0. The van der Waals surface area contributed by atoms with Gasteiger partial charge in [-0.3, -0.25) is 9.78 Å². The molecule has 0 spiro atoms. The van der Waals surface area contributed by atoms with Crippen LogP contribution in [0.3, 0.4) is 0 Å². The van der Waals surface area contributed by atoms with Crippen molar-refractivity contribution in [2.75, 3.05) is 13.2 Å². The molecule has 3 atom stereocenters. The number of aryl methyl sites for hydroxylation is 1. The van der Waals surface area contributed by atoms with Gasteiger partial charge in [-0.15, -0.1) is 0 Å². The number of aliphatic hydroxyl groups is 1. The van der Waals surface area contributed by atoms with E-state index >= 15 is 4.39 Å². The second kappa shape index (κ2) is 10.7. The van der Waals surface area contributed by atoms with Crippen molar-refractivity contribution in [3.63, 3.8) is 0 Å². The number of ether oxygens (including phenoxy) is 1. The molecule has 0 saturated carbocycles. The summed E-state index contributed by atoms with van der Waals surface area (Å²) in [6.45, 7) is 1.52. The molecule has 1 saturated heterocycles. The Kier molecular flexibility index (Phi) is 7.64. The van der Waals surface area contributed by atoms with Gasteiger partial charge in [0.25, 0.3) is 0 Å². The topological polar surface area (TPSA) is 71.5 Å². The van der Waals surface area contributed by atoms with Gasteiger partial charge in [-0.1, -0.05) is 54.7 Å². The van der Waals surface area contributed by atoms with Crippen molar-refractivity contribution in [1.82, 2.24) is 10.3 Å². The smallest absolute Gasteiger partial charge is 0.169 e. The van der Waals surface area contributed by atoms with E-state index in [2.05, 4.69) is 10.3 Å². The molecular formula is C27H26F2N2O3S. The van der Waals surface area contributed by atoms with E-state index in [1.165, 1.54) is 6.07 Å². The third-order valence-corrected chi connectivity index (χ3v) is 6.67. The van der Waals surface area contributed by atoms with Gasteiger partial charge in [-0.25, -0.2) is 8.78 Å². The van der Waals surface area contributed by atoms with E-state index in [0.29, 0.717) is 12.0 Å². The Morgan fingerprint density at radius 2 is 1.97 bits per heavy atom. The Labute approximate surface area is 208 Å². The Hall–Kier alpha value is -3.07. The molecule has 1 aliphatic rings. The second-order valence-corrected chi connectivity index (χ2v) is 9.25. The number of rotatable bonds is 7. The van der Waals surface area contributed by atoms with Crippen molar-refractivity contribution in [3.8, 4) is 0 Å². The normalized spacial score (nSPS) is 21.9. The Morgan fingerprint density at radius 1 is 1.20 bits per heavy atom. The number of halogens is 2. The summed E-state index contributed by atoms with van der Waals surface area (Å²) in [4.78, 5) is 17.2. The summed E-state index contributed by atoms with van der Waals surface area (Å²) < 4.78 is 35.0. The maximum Gasteiger partial charge on any atom is 0.169 e. The highest BCUT2D eigenvalue weighted by Crippen LogP contribution is 2.43. The highest BCUT2D eigenvalue weighted by atomic mass is 32.1. The Morgan fingerprint density at radius 3 is 2.63 bits per heavy atom. The van der Waals surface area contributed by atoms with E-state index < -0.39 is 23.1 Å². The highest BCUT2D eigenvalue weighted by Gasteiger charge is 2.48. The number of nitrogens with zero attached hydrogens (tertiary/aromatic N) is 1. The molecule has 0 bridgehead atoms. The first-order valence-corrected chi connectivity index (χ1v) is 11.7. The lowest BCUT2D eigenvalue weighted by molar-refractivity contribution is -0.0855. The first-order valence-electron chi connectivity index (χ1n) is 11.3. The first kappa shape index (κ1) is 25.0. The number of benzene rings is 2. The second-order valence-electron chi connectivity index (χ2n) is 8.76. The van der Waals surface area contributed by atoms with Gasteiger partial charge in [0.2, 0.25) is 0 Å². The van der Waals surface area contributed by atoms with E-state index in [4.69, 9.17) is 17.0 Å². The molecule has 0 amide bonds. The number of nitrogens with one attached hydrogen (secondary N) is 1. The first-order chi connectivity index (χ1) is 16.8. The number of thiocarbonyl (C=S) groups is 1. The molecular weight excluding hydrogens is 470 g/mol. The van der Waals surface area contributed by atoms with E-state index in [9.17, 15) is 14.3 Å². The minimum Gasteiger partial charge on any atom is -0.396 e. The average molecular weight is 497 g/mol. The van der Waals surface area contributed by atoms with Crippen molar-refractivity contribution in [3.05, 3.63) is 101 Å². The zero-order valence-electron chi connectivity index (χ0n) is 19.2. The minimum absolute atomic E-state index is 0.0566. The maximum atomic E-state index is 15.1. The third kappa shape index (κ3) is 5.45. The Balaban J connectivity index is 1.65. The highest BCUT2D eigenvalue weighted by molar-refractivity contribution is 7.80. The predicted octanol–water partition coefficient (Wildman–Crippen LogP) is 4.82. The SMILES string of the molecule is Cc1ccc([C@H]2C[C@@H](CO)[C@](NC(=S)CC(=O)c3ccccc3)(c3ccc(F)cc3F)CO2)cn1. The molecule has 4 rings (SSSR count). The van der Waals surface area contributed by atoms with Crippen LogP contribution in [0.1, 0.15) is 46.1 Å². The van der Waals surface area contributed by atoms with Crippen LogP contribution in [0.15, 0.2) is 66.9 Å². The van der Waals surface area contributed by atoms with Gasteiger partial charge >= 0.3 is 0 Å². The van der Waals surface area contributed by atoms with Gasteiger partial charge in [0.15, 0.2) is 5.78 Å². The lowest BCUT2D eigenvalue weighted by Crippen LogP contribution is -2.58. The van der Waals surface area contributed by atoms with Crippen LogP contribution in [0.5, 0.6) is 0 Å². The van der Waals surface area contributed by atoms with Crippen molar-refractivity contribution in [1.29, 1.82) is 0 Å². The van der Waals surface area contributed by atoms with Crippen LogP contribution < -0.4 is 5.32 Å². The van der Waals surface area contributed by atoms with Crippen LogP contribution in [0.25, 0.3) is 0 Å². The molecule has 0 radical (unpaired) electrons. The predicted molar refractivity (Wildman–Crippen MR) is 132 cm³/mol. The number of aromatic nitrogens is 1. The lowest BCUT2D eigenvalue weighted by atomic mass is 9.73. The van der Waals surface area contributed by atoms with Crippen molar-refractivity contribution < 1.29 is 23.4 Å². The number of hydrogen-bond donors (Lipinski definition) is 2. The van der Waals surface area contributed by atoms with Gasteiger partial charge in [0, 0.05) is 41.6 Å². The van der Waals surface area contributed by atoms with Gasteiger partial charge in [-0.05, 0) is 31.0 Å². The van der Waals surface area contributed by atoms with Crippen LogP contribution in [-0.4, -0.2) is 34.1 Å². The number of hydrogen-bond acceptors (Lipinski definition) is 5. The molecule has 3 aromatic rings. The van der Waals surface area contributed by atoms with Crippen molar-refractivity contribution in [2.45, 2.75) is 31.4 Å².